The molecule has 5 heteroatoms. The van der Waals surface area contributed by atoms with Gasteiger partial charge in [0.15, 0.2) is 0 Å². The molecule has 0 aliphatic carbocycles. The molecular formula is C8H10N4S. The summed E-state index contributed by atoms with van der Waals surface area (Å²) in [5.41, 5.74) is 6.35. The summed E-state index contributed by atoms with van der Waals surface area (Å²) in [4.78, 5) is 1.17. The predicted molar refractivity (Wildman–Crippen MR) is 54.1 cm³/mol. The monoisotopic (exact) mass is 194 g/mol. The predicted octanol–water partition coefficient (Wildman–Crippen LogP) is 1.05. The van der Waals surface area contributed by atoms with Crippen molar-refractivity contribution < 1.29 is 0 Å². The van der Waals surface area contributed by atoms with Gasteiger partial charge in [-0.2, -0.15) is 5.10 Å². The van der Waals surface area contributed by atoms with Gasteiger partial charge < -0.3 is 5.73 Å². The fourth-order valence-electron chi connectivity index (χ4n) is 1.25. The normalized spacial score (nSPS) is 16.0. The summed E-state index contributed by atoms with van der Waals surface area (Å²) in [5.74, 6) is 0.0200. The van der Waals surface area contributed by atoms with Crippen molar-refractivity contribution in [2.24, 2.45) is 10.8 Å². The van der Waals surface area contributed by atoms with Crippen molar-refractivity contribution in [3.05, 3.63) is 22.4 Å². The van der Waals surface area contributed by atoms with Crippen molar-refractivity contribution in [1.29, 1.82) is 5.41 Å². The summed E-state index contributed by atoms with van der Waals surface area (Å²) in [7, 11) is 0. The summed E-state index contributed by atoms with van der Waals surface area (Å²) >= 11 is 1.67. The first-order chi connectivity index (χ1) is 6.27. The Balaban J connectivity index is 2.20. The highest BCUT2D eigenvalue weighted by molar-refractivity contribution is 7.12. The largest absolute Gasteiger partial charge is 0.369 e. The van der Waals surface area contributed by atoms with E-state index in [2.05, 4.69) is 5.10 Å². The molecule has 3 N–H and O–H groups in total. The summed E-state index contributed by atoms with van der Waals surface area (Å²) in [5, 5.41) is 15.0. The molecule has 13 heavy (non-hydrogen) atoms. The van der Waals surface area contributed by atoms with Crippen LogP contribution in [0.1, 0.15) is 11.3 Å². The van der Waals surface area contributed by atoms with Crippen LogP contribution in [0.4, 0.5) is 0 Å². The Kier molecular flexibility index (Phi) is 2.02. The molecule has 0 amide bonds. The molecule has 2 heterocycles. The van der Waals surface area contributed by atoms with E-state index >= 15 is 0 Å². The third-order valence-electron chi connectivity index (χ3n) is 1.89. The van der Waals surface area contributed by atoms with E-state index in [1.54, 1.807) is 11.3 Å². The molecular weight excluding hydrogens is 184 g/mol. The fraction of sp³-hybridized carbons (Fsp3) is 0.250. The number of hydrogen-bond donors (Lipinski definition) is 2. The average molecular weight is 194 g/mol. The standard InChI is InChI=1S/C8H10N4S/c9-8(10)12-4-3-6(11-12)7-2-1-5-13-7/h1-2,5H,3-4H2,(H3,9,10). The zero-order valence-electron chi connectivity index (χ0n) is 7.03. The molecule has 0 unspecified atom stereocenters. The minimum absolute atomic E-state index is 0.0200. The van der Waals surface area contributed by atoms with Crippen molar-refractivity contribution in [1.82, 2.24) is 5.01 Å². The van der Waals surface area contributed by atoms with E-state index in [4.69, 9.17) is 11.1 Å². The highest BCUT2D eigenvalue weighted by Gasteiger charge is 2.17. The Morgan fingerprint density at radius 3 is 3.08 bits per heavy atom. The summed E-state index contributed by atoms with van der Waals surface area (Å²) in [6, 6.07) is 4.03. The van der Waals surface area contributed by atoms with Gasteiger partial charge in [0.25, 0.3) is 0 Å². The molecule has 0 spiro atoms. The molecule has 4 nitrogen and oxygen atoms in total. The minimum atomic E-state index is 0.0200. The van der Waals surface area contributed by atoms with Gasteiger partial charge >= 0.3 is 0 Å². The highest BCUT2D eigenvalue weighted by atomic mass is 32.1. The van der Waals surface area contributed by atoms with Crippen molar-refractivity contribution in [3.63, 3.8) is 0 Å². The second kappa shape index (κ2) is 3.18. The molecule has 0 fully saturated rings. The average Bonchev–Trinajstić information content (AvgIpc) is 2.75. The van der Waals surface area contributed by atoms with Gasteiger partial charge in [0, 0.05) is 6.42 Å². The van der Waals surface area contributed by atoms with Gasteiger partial charge in [-0.1, -0.05) is 6.07 Å². The Morgan fingerprint density at radius 1 is 1.69 bits per heavy atom. The maximum Gasteiger partial charge on any atom is 0.209 e. The van der Waals surface area contributed by atoms with E-state index in [0.717, 1.165) is 18.7 Å². The molecule has 0 bridgehead atoms. The minimum Gasteiger partial charge on any atom is -0.369 e. The number of nitrogens with one attached hydrogen (secondary N) is 1. The molecule has 1 aromatic rings. The van der Waals surface area contributed by atoms with Crippen molar-refractivity contribution in [2.75, 3.05) is 6.54 Å². The van der Waals surface area contributed by atoms with Crippen LogP contribution in [-0.4, -0.2) is 23.2 Å². The van der Waals surface area contributed by atoms with Crippen LogP contribution in [0, 0.1) is 5.41 Å². The lowest BCUT2D eigenvalue weighted by Crippen LogP contribution is -2.29. The van der Waals surface area contributed by atoms with Crippen LogP contribution in [0.2, 0.25) is 0 Å². The number of nitrogens with zero attached hydrogens (tertiary/aromatic N) is 2. The molecule has 2 rings (SSSR count). The maximum atomic E-state index is 7.21. The van der Waals surface area contributed by atoms with Gasteiger partial charge in [-0.15, -0.1) is 11.3 Å². The van der Waals surface area contributed by atoms with E-state index in [-0.39, 0.29) is 5.96 Å². The van der Waals surface area contributed by atoms with E-state index < -0.39 is 0 Å². The number of rotatable bonds is 1. The molecule has 68 valence electrons. The summed E-state index contributed by atoms with van der Waals surface area (Å²) in [6.07, 6.45) is 0.875. The zero-order valence-corrected chi connectivity index (χ0v) is 7.84. The second-order valence-corrected chi connectivity index (χ2v) is 3.73. The smallest absolute Gasteiger partial charge is 0.209 e. The van der Waals surface area contributed by atoms with E-state index in [9.17, 15) is 0 Å². The zero-order chi connectivity index (χ0) is 9.26. The lowest BCUT2D eigenvalue weighted by atomic mass is 10.2. The Bertz CT molecular complexity index is 341. The van der Waals surface area contributed by atoms with Crippen LogP contribution < -0.4 is 5.73 Å². The number of hydrogen-bond acceptors (Lipinski definition) is 3. The molecule has 1 aromatic heterocycles. The Hall–Kier alpha value is -1.36. The third kappa shape index (κ3) is 1.55. The van der Waals surface area contributed by atoms with Crippen molar-refractivity contribution >= 4 is 23.0 Å². The molecule has 1 aliphatic rings. The van der Waals surface area contributed by atoms with E-state index in [0.29, 0.717) is 0 Å². The molecule has 0 atom stereocenters. The van der Waals surface area contributed by atoms with Crippen LogP contribution in [0.25, 0.3) is 0 Å². The lowest BCUT2D eigenvalue weighted by Gasteiger charge is -2.08. The Labute approximate surface area is 80.2 Å². The van der Waals surface area contributed by atoms with E-state index in [1.165, 1.54) is 9.89 Å². The summed E-state index contributed by atoms with van der Waals surface area (Å²) in [6.45, 7) is 0.725. The quantitative estimate of drug-likeness (QED) is 0.518. The van der Waals surface area contributed by atoms with Gasteiger partial charge in [-0.3, -0.25) is 5.41 Å². The van der Waals surface area contributed by atoms with Crippen LogP contribution in [-0.2, 0) is 0 Å². The van der Waals surface area contributed by atoms with Gasteiger partial charge in [0.2, 0.25) is 5.96 Å². The molecule has 0 saturated carbocycles. The van der Waals surface area contributed by atoms with Crippen LogP contribution in [0.15, 0.2) is 22.6 Å². The number of guanidine groups is 1. The second-order valence-electron chi connectivity index (χ2n) is 2.78. The fourth-order valence-corrected chi connectivity index (χ4v) is 1.99. The van der Waals surface area contributed by atoms with Crippen LogP contribution in [0.5, 0.6) is 0 Å². The van der Waals surface area contributed by atoms with Gasteiger partial charge in [-0.05, 0) is 11.4 Å². The van der Waals surface area contributed by atoms with Crippen molar-refractivity contribution in [2.45, 2.75) is 6.42 Å². The van der Waals surface area contributed by atoms with Crippen molar-refractivity contribution in [3.8, 4) is 0 Å². The highest BCUT2D eigenvalue weighted by Crippen LogP contribution is 2.17. The number of nitrogens with two attached hydrogens (primary N) is 1. The molecule has 1 aliphatic heterocycles. The van der Waals surface area contributed by atoms with E-state index in [1.807, 2.05) is 17.5 Å². The number of hydrazone groups is 1. The number of thiophene rings is 1. The molecule has 0 saturated heterocycles. The first-order valence-electron chi connectivity index (χ1n) is 4.00. The van der Waals surface area contributed by atoms with Crippen LogP contribution in [0.3, 0.4) is 0 Å². The molecule has 0 aromatic carbocycles. The van der Waals surface area contributed by atoms with Gasteiger partial charge in [-0.25, -0.2) is 5.01 Å². The van der Waals surface area contributed by atoms with Gasteiger partial charge in [0.05, 0.1) is 17.1 Å². The maximum absolute atomic E-state index is 7.21. The first kappa shape index (κ1) is 8.25. The summed E-state index contributed by atoms with van der Waals surface area (Å²) < 4.78 is 0. The van der Waals surface area contributed by atoms with Gasteiger partial charge in [0.1, 0.15) is 0 Å². The molecule has 0 radical (unpaired) electrons. The topological polar surface area (TPSA) is 65.5 Å². The first-order valence-corrected chi connectivity index (χ1v) is 4.88. The Morgan fingerprint density at radius 2 is 2.54 bits per heavy atom. The van der Waals surface area contributed by atoms with Crippen LogP contribution >= 0.6 is 11.3 Å². The lowest BCUT2D eigenvalue weighted by molar-refractivity contribution is 0.482. The third-order valence-corrected chi connectivity index (χ3v) is 2.80. The SMILES string of the molecule is N=C(N)N1CCC(c2cccs2)=N1.